The molecule has 1 aromatic carbocycles. The fraction of sp³-hybridized carbons (Fsp3) is 0.500. The van der Waals surface area contributed by atoms with Gasteiger partial charge in [-0.15, -0.1) is 0 Å². The summed E-state index contributed by atoms with van der Waals surface area (Å²) in [6.45, 7) is 7.33. The zero-order valence-electron chi connectivity index (χ0n) is 15.4. The van der Waals surface area contributed by atoms with Crippen molar-refractivity contribution >= 4 is 17.5 Å². The van der Waals surface area contributed by atoms with E-state index in [1.165, 1.54) is 19.3 Å². The molecule has 1 unspecified atom stereocenters. The average Bonchev–Trinajstić information content (AvgIpc) is 2.63. The third kappa shape index (κ3) is 4.41. The molecular weight excluding hydrogens is 312 g/mol. The molecule has 0 saturated carbocycles. The Bertz CT molecular complexity index is 689. The first-order chi connectivity index (χ1) is 12.2. The van der Waals surface area contributed by atoms with Crippen LogP contribution in [0.15, 0.2) is 36.5 Å². The van der Waals surface area contributed by atoms with Crippen molar-refractivity contribution in [3.8, 4) is 5.75 Å². The van der Waals surface area contributed by atoms with Gasteiger partial charge in [0.2, 0.25) is 5.95 Å². The summed E-state index contributed by atoms with van der Waals surface area (Å²) in [4.78, 5) is 11.6. The number of nitrogens with zero attached hydrogens (tertiary/aromatic N) is 3. The SMILES string of the molecule is CCC1CCCCN1c1nccc(Nc2ccccc2OC(C)C)n1. The number of rotatable bonds is 6. The van der Waals surface area contributed by atoms with E-state index in [9.17, 15) is 0 Å². The normalized spacial score (nSPS) is 17.6. The Morgan fingerprint density at radius 1 is 1.24 bits per heavy atom. The Balaban J connectivity index is 1.80. The zero-order valence-corrected chi connectivity index (χ0v) is 15.4. The molecule has 0 radical (unpaired) electrons. The molecule has 1 aromatic heterocycles. The number of hydrogen-bond donors (Lipinski definition) is 1. The van der Waals surface area contributed by atoms with Crippen molar-refractivity contribution in [2.75, 3.05) is 16.8 Å². The van der Waals surface area contributed by atoms with Crippen LogP contribution in [-0.4, -0.2) is 28.7 Å². The van der Waals surface area contributed by atoms with Crippen molar-refractivity contribution < 1.29 is 4.74 Å². The Morgan fingerprint density at radius 2 is 2.08 bits per heavy atom. The molecule has 2 heterocycles. The van der Waals surface area contributed by atoms with E-state index in [1.807, 2.05) is 50.4 Å². The quantitative estimate of drug-likeness (QED) is 0.820. The molecule has 1 aliphatic heterocycles. The van der Waals surface area contributed by atoms with Gasteiger partial charge >= 0.3 is 0 Å². The lowest BCUT2D eigenvalue weighted by Crippen LogP contribution is -2.40. The summed E-state index contributed by atoms with van der Waals surface area (Å²) in [6, 6.07) is 10.4. The van der Waals surface area contributed by atoms with Crippen LogP contribution in [0.5, 0.6) is 5.75 Å². The summed E-state index contributed by atoms with van der Waals surface area (Å²) in [5, 5.41) is 3.39. The lowest BCUT2D eigenvalue weighted by molar-refractivity contribution is 0.244. The minimum Gasteiger partial charge on any atom is -0.489 e. The van der Waals surface area contributed by atoms with Crippen LogP contribution in [0.25, 0.3) is 0 Å². The Hall–Kier alpha value is -2.30. The van der Waals surface area contributed by atoms with Crippen LogP contribution in [0.1, 0.15) is 46.5 Å². The zero-order chi connectivity index (χ0) is 17.6. The fourth-order valence-electron chi connectivity index (χ4n) is 3.31. The number of aromatic nitrogens is 2. The van der Waals surface area contributed by atoms with E-state index in [1.54, 1.807) is 0 Å². The highest BCUT2D eigenvalue weighted by molar-refractivity contribution is 5.64. The Kier molecular flexibility index (Phi) is 5.74. The van der Waals surface area contributed by atoms with Crippen molar-refractivity contribution in [2.24, 2.45) is 0 Å². The molecule has 2 aromatic rings. The first kappa shape index (κ1) is 17.5. The maximum Gasteiger partial charge on any atom is 0.227 e. The average molecular weight is 340 g/mol. The van der Waals surface area contributed by atoms with Crippen molar-refractivity contribution in [3.05, 3.63) is 36.5 Å². The van der Waals surface area contributed by atoms with Crippen LogP contribution >= 0.6 is 0 Å². The van der Waals surface area contributed by atoms with Gasteiger partial charge in [0, 0.05) is 18.8 Å². The third-order valence-corrected chi connectivity index (χ3v) is 4.51. The number of piperidine rings is 1. The molecule has 1 saturated heterocycles. The van der Waals surface area contributed by atoms with Crippen LogP contribution in [-0.2, 0) is 0 Å². The number of anilines is 3. The van der Waals surface area contributed by atoms with Gasteiger partial charge in [-0.05, 0) is 57.7 Å². The molecule has 1 N–H and O–H groups in total. The van der Waals surface area contributed by atoms with E-state index >= 15 is 0 Å². The number of para-hydroxylation sites is 2. The summed E-state index contributed by atoms with van der Waals surface area (Å²) in [5.41, 5.74) is 0.923. The van der Waals surface area contributed by atoms with E-state index in [2.05, 4.69) is 22.1 Å². The molecule has 25 heavy (non-hydrogen) atoms. The minimum atomic E-state index is 0.127. The van der Waals surface area contributed by atoms with Gasteiger partial charge in [-0.1, -0.05) is 19.1 Å². The van der Waals surface area contributed by atoms with E-state index in [4.69, 9.17) is 9.72 Å². The number of ether oxygens (including phenoxy) is 1. The van der Waals surface area contributed by atoms with Gasteiger partial charge in [0.1, 0.15) is 11.6 Å². The topological polar surface area (TPSA) is 50.3 Å². The van der Waals surface area contributed by atoms with Crippen molar-refractivity contribution in [3.63, 3.8) is 0 Å². The lowest BCUT2D eigenvalue weighted by Gasteiger charge is -2.35. The molecule has 1 fully saturated rings. The molecule has 0 spiro atoms. The fourth-order valence-corrected chi connectivity index (χ4v) is 3.31. The highest BCUT2D eigenvalue weighted by Gasteiger charge is 2.23. The van der Waals surface area contributed by atoms with Crippen LogP contribution in [0, 0.1) is 0 Å². The van der Waals surface area contributed by atoms with Gasteiger partial charge in [0.05, 0.1) is 11.8 Å². The van der Waals surface area contributed by atoms with Gasteiger partial charge in [-0.3, -0.25) is 0 Å². The van der Waals surface area contributed by atoms with E-state index in [0.29, 0.717) is 6.04 Å². The van der Waals surface area contributed by atoms with Gasteiger partial charge in [0.25, 0.3) is 0 Å². The molecule has 5 nitrogen and oxygen atoms in total. The van der Waals surface area contributed by atoms with Crippen LogP contribution < -0.4 is 15.0 Å². The summed E-state index contributed by atoms with van der Waals surface area (Å²) < 4.78 is 5.88. The molecule has 134 valence electrons. The molecule has 1 aliphatic rings. The standard InChI is InChI=1S/C20H28N4O/c1-4-16-9-7-8-14-24(16)20-21-13-12-19(23-20)22-17-10-5-6-11-18(17)25-15(2)3/h5-6,10-13,15-16H,4,7-9,14H2,1-3H3,(H,21,22,23). The van der Waals surface area contributed by atoms with Gasteiger partial charge < -0.3 is 15.0 Å². The number of nitrogens with one attached hydrogen (secondary N) is 1. The van der Waals surface area contributed by atoms with Crippen LogP contribution in [0.4, 0.5) is 17.5 Å². The van der Waals surface area contributed by atoms with Crippen molar-refractivity contribution in [1.82, 2.24) is 9.97 Å². The van der Waals surface area contributed by atoms with Crippen molar-refractivity contribution in [2.45, 2.75) is 58.6 Å². The lowest BCUT2D eigenvalue weighted by atomic mass is 10.0. The van der Waals surface area contributed by atoms with Crippen molar-refractivity contribution in [1.29, 1.82) is 0 Å². The summed E-state index contributed by atoms with van der Waals surface area (Å²) in [7, 11) is 0. The Labute approximate surface area is 150 Å². The number of benzene rings is 1. The van der Waals surface area contributed by atoms with E-state index in [0.717, 1.165) is 36.2 Å². The van der Waals surface area contributed by atoms with E-state index in [-0.39, 0.29) is 6.10 Å². The molecule has 0 aliphatic carbocycles. The first-order valence-corrected chi connectivity index (χ1v) is 9.29. The number of hydrogen-bond acceptors (Lipinski definition) is 5. The van der Waals surface area contributed by atoms with Crippen LogP contribution in [0.3, 0.4) is 0 Å². The highest BCUT2D eigenvalue weighted by Crippen LogP contribution is 2.29. The molecule has 0 amide bonds. The van der Waals surface area contributed by atoms with Gasteiger partial charge in [0.15, 0.2) is 0 Å². The smallest absolute Gasteiger partial charge is 0.227 e. The predicted octanol–water partition coefficient (Wildman–Crippen LogP) is 4.78. The largest absolute Gasteiger partial charge is 0.489 e. The Morgan fingerprint density at radius 3 is 2.88 bits per heavy atom. The third-order valence-electron chi connectivity index (χ3n) is 4.51. The second-order valence-corrected chi connectivity index (χ2v) is 6.78. The molecule has 1 atom stereocenters. The predicted molar refractivity (Wildman–Crippen MR) is 103 cm³/mol. The second kappa shape index (κ2) is 8.19. The highest BCUT2D eigenvalue weighted by atomic mass is 16.5. The maximum atomic E-state index is 5.88. The minimum absolute atomic E-state index is 0.127. The molecule has 3 rings (SSSR count). The first-order valence-electron chi connectivity index (χ1n) is 9.29. The molecule has 0 bridgehead atoms. The maximum absolute atomic E-state index is 5.88. The second-order valence-electron chi connectivity index (χ2n) is 6.78. The van der Waals surface area contributed by atoms with Gasteiger partial charge in [-0.25, -0.2) is 4.98 Å². The monoisotopic (exact) mass is 340 g/mol. The van der Waals surface area contributed by atoms with E-state index < -0.39 is 0 Å². The van der Waals surface area contributed by atoms with Crippen LogP contribution in [0.2, 0.25) is 0 Å². The summed E-state index contributed by atoms with van der Waals surface area (Å²) >= 11 is 0. The summed E-state index contributed by atoms with van der Waals surface area (Å²) in [5.74, 6) is 2.45. The molecule has 5 heteroatoms. The van der Waals surface area contributed by atoms with Gasteiger partial charge in [-0.2, -0.15) is 4.98 Å². The summed E-state index contributed by atoms with van der Waals surface area (Å²) in [6.07, 6.45) is 6.82. The molecular formula is C20H28N4O.